The van der Waals surface area contributed by atoms with Crippen molar-refractivity contribution in [1.82, 2.24) is 0 Å². The summed E-state index contributed by atoms with van der Waals surface area (Å²) < 4.78 is 78.7. The van der Waals surface area contributed by atoms with Crippen LogP contribution in [0, 0.1) is 34.9 Å². The average Bonchev–Trinajstić information content (AvgIpc) is 2.40. The summed E-state index contributed by atoms with van der Waals surface area (Å²) >= 11 is 5.73. The Morgan fingerprint density at radius 1 is 0.650 bits per heavy atom. The van der Waals surface area contributed by atoms with E-state index in [0.717, 1.165) is 6.07 Å². The van der Waals surface area contributed by atoms with Gasteiger partial charge in [-0.05, 0) is 12.1 Å². The molecule has 7 heteroatoms. The monoisotopic (exact) mass is 310 g/mol. The van der Waals surface area contributed by atoms with E-state index in [0.29, 0.717) is 12.1 Å². The minimum atomic E-state index is -1.78. The fraction of sp³-hybridized carbons (Fsp3) is 0.0769. The summed E-state index contributed by atoms with van der Waals surface area (Å²) in [6.07, 6.45) is 0. The number of alkyl halides is 1. The third-order valence-electron chi connectivity index (χ3n) is 2.65. The molecule has 0 amide bonds. The lowest BCUT2D eigenvalue weighted by molar-refractivity contribution is 0.440. The normalized spacial score (nSPS) is 12.6. The van der Waals surface area contributed by atoms with Crippen LogP contribution in [0.2, 0.25) is 0 Å². The van der Waals surface area contributed by atoms with Gasteiger partial charge in [0.2, 0.25) is 0 Å². The Morgan fingerprint density at radius 2 is 1.25 bits per heavy atom. The van der Waals surface area contributed by atoms with E-state index in [1.807, 2.05) is 0 Å². The largest absolute Gasteiger partial charge is 0.207 e. The van der Waals surface area contributed by atoms with Gasteiger partial charge in [0.1, 0.15) is 5.82 Å². The SMILES string of the molecule is Fc1cc(F)c(C(Cl)c2ccc(F)c(F)c2F)cc1F. The van der Waals surface area contributed by atoms with Crippen LogP contribution in [0.3, 0.4) is 0 Å². The molecule has 0 aromatic heterocycles. The molecule has 0 fully saturated rings. The molecule has 1 unspecified atom stereocenters. The first-order valence-electron chi connectivity index (χ1n) is 5.24. The Kier molecular flexibility index (Phi) is 3.94. The summed E-state index contributed by atoms with van der Waals surface area (Å²) in [6.45, 7) is 0. The molecule has 0 saturated heterocycles. The van der Waals surface area contributed by atoms with E-state index < -0.39 is 51.4 Å². The zero-order valence-electron chi connectivity index (χ0n) is 9.53. The van der Waals surface area contributed by atoms with E-state index >= 15 is 0 Å². The minimum Gasteiger partial charge on any atom is -0.207 e. The number of hydrogen-bond donors (Lipinski definition) is 0. The second-order valence-electron chi connectivity index (χ2n) is 3.91. The highest BCUT2D eigenvalue weighted by Crippen LogP contribution is 2.34. The molecule has 0 spiro atoms. The predicted octanol–water partition coefficient (Wildman–Crippen LogP) is 4.85. The maximum atomic E-state index is 13.5. The molecule has 0 radical (unpaired) electrons. The summed E-state index contributed by atoms with van der Waals surface area (Å²) in [5, 5.41) is -1.64. The molecule has 0 saturated carbocycles. The molecule has 0 aliphatic carbocycles. The number of benzene rings is 2. The van der Waals surface area contributed by atoms with E-state index in [1.165, 1.54) is 0 Å². The van der Waals surface area contributed by atoms with Gasteiger partial charge in [-0.15, -0.1) is 11.6 Å². The van der Waals surface area contributed by atoms with Crippen molar-refractivity contribution in [3.8, 4) is 0 Å². The first-order chi connectivity index (χ1) is 9.32. The van der Waals surface area contributed by atoms with Crippen LogP contribution in [0.25, 0.3) is 0 Å². The van der Waals surface area contributed by atoms with E-state index in [1.54, 1.807) is 0 Å². The molecule has 0 heterocycles. The van der Waals surface area contributed by atoms with Crippen LogP contribution < -0.4 is 0 Å². The number of hydrogen-bond acceptors (Lipinski definition) is 0. The van der Waals surface area contributed by atoms with Crippen LogP contribution in [0.15, 0.2) is 24.3 Å². The molecule has 106 valence electrons. The lowest BCUT2D eigenvalue weighted by Crippen LogP contribution is -2.05. The molecule has 2 aromatic rings. The highest BCUT2D eigenvalue weighted by molar-refractivity contribution is 6.22. The van der Waals surface area contributed by atoms with Gasteiger partial charge in [-0.1, -0.05) is 6.07 Å². The highest BCUT2D eigenvalue weighted by Gasteiger charge is 2.24. The topological polar surface area (TPSA) is 0 Å². The molecular weight excluding hydrogens is 306 g/mol. The second-order valence-corrected chi connectivity index (χ2v) is 4.35. The average molecular weight is 311 g/mol. The van der Waals surface area contributed by atoms with Crippen molar-refractivity contribution in [2.45, 2.75) is 5.38 Å². The Bertz CT molecular complexity index is 668. The molecule has 2 rings (SSSR count). The summed E-state index contributed by atoms with van der Waals surface area (Å²) in [6, 6.07) is 2.06. The van der Waals surface area contributed by atoms with E-state index in [2.05, 4.69) is 0 Å². The van der Waals surface area contributed by atoms with E-state index in [9.17, 15) is 26.3 Å². The summed E-state index contributed by atoms with van der Waals surface area (Å²) in [5.74, 6) is -8.91. The molecular formula is C13H5ClF6. The Hall–Kier alpha value is -1.69. The van der Waals surface area contributed by atoms with Gasteiger partial charge < -0.3 is 0 Å². The van der Waals surface area contributed by atoms with Gasteiger partial charge in [-0.25, -0.2) is 26.3 Å². The molecule has 0 nitrogen and oxygen atoms in total. The fourth-order valence-electron chi connectivity index (χ4n) is 1.64. The quantitative estimate of drug-likeness (QED) is 0.322. The summed E-state index contributed by atoms with van der Waals surface area (Å²) in [4.78, 5) is 0. The highest BCUT2D eigenvalue weighted by atomic mass is 35.5. The van der Waals surface area contributed by atoms with Gasteiger partial charge in [0.25, 0.3) is 0 Å². The van der Waals surface area contributed by atoms with Gasteiger partial charge in [0.05, 0.1) is 5.38 Å². The van der Waals surface area contributed by atoms with Gasteiger partial charge >= 0.3 is 0 Å². The van der Waals surface area contributed by atoms with Crippen LogP contribution in [0.4, 0.5) is 26.3 Å². The van der Waals surface area contributed by atoms with Crippen LogP contribution >= 0.6 is 11.6 Å². The van der Waals surface area contributed by atoms with Crippen molar-refractivity contribution in [3.05, 3.63) is 70.3 Å². The van der Waals surface area contributed by atoms with Crippen molar-refractivity contribution in [2.75, 3.05) is 0 Å². The molecule has 0 bridgehead atoms. The third kappa shape index (κ3) is 2.47. The number of halogens is 7. The van der Waals surface area contributed by atoms with Gasteiger partial charge in [0, 0.05) is 17.2 Å². The van der Waals surface area contributed by atoms with E-state index in [-0.39, 0.29) is 6.07 Å². The maximum absolute atomic E-state index is 13.5. The van der Waals surface area contributed by atoms with E-state index in [4.69, 9.17) is 11.6 Å². The minimum absolute atomic E-state index is 0.234. The standard InChI is InChI=1S/C13H5ClF6/c14-11(5-1-2-7(15)13(20)12(5)19)6-3-9(17)10(18)4-8(6)16/h1-4,11H. The zero-order chi connectivity index (χ0) is 15.0. The molecule has 0 aliphatic rings. The predicted molar refractivity (Wildman–Crippen MR) is 60.3 cm³/mol. The van der Waals surface area contributed by atoms with Gasteiger partial charge in [0.15, 0.2) is 29.1 Å². The second kappa shape index (κ2) is 5.36. The summed E-state index contributed by atoms with van der Waals surface area (Å²) in [5.41, 5.74) is -1.18. The van der Waals surface area contributed by atoms with Crippen LogP contribution in [-0.4, -0.2) is 0 Å². The zero-order valence-corrected chi connectivity index (χ0v) is 10.3. The number of rotatable bonds is 2. The van der Waals surface area contributed by atoms with Crippen molar-refractivity contribution in [2.24, 2.45) is 0 Å². The molecule has 2 aromatic carbocycles. The summed E-state index contributed by atoms with van der Waals surface area (Å²) in [7, 11) is 0. The van der Waals surface area contributed by atoms with Crippen molar-refractivity contribution in [1.29, 1.82) is 0 Å². The van der Waals surface area contributed by atoms with Crippen LogP contribution in [0.5, 0.6) is 0 Å². The van der Waals surface area contributed by atoms with Crippen LogP contribution in [-0.2, 0) is 0 Å². The smallest absolute Gasteiger partial charge is 0.194 e. The molecule has 0 N–H and O–H groups in total. The molecule has 0 aliphatic heterocycles. The van der Waals surface area contributed by atoms with Crippen LogP contribution in [0.1, 0.15) is 16.5 Å². The Morgan fingerprint density at radius 3 is 1.90 bits per heavy atom. The third-order valence-corrected chi connectivity index (χ3v) is 3.12. The fourth-order valence-corrected chi connectivity index (χ4v) is 1.97. The van der Waals surface area contributed by atoms with Crippen molar-refractivity contribution >= 4 is 11.6 Å². The van der Waals surface area contributed by atoms with Crippen molar-refractivity contribution < 1.29 is 26.3 Å². The molecule has 1 atom stereocenters. The Balaban J connectivity index is 2.55. The van der Waals surface area contributed by atoms with Crippen molar-refractivity contribution in [3.63, 3.8) is 0 Å². The van der Waals surface area contributed by atoms with Gasteiger partial charge in [-0.2, -0.15) is 0 Å². The Labute approximate surface area is 114 Å². The maximum Gasteiger partial charge on any atom is 0.194 e. The first-order valence-corrected chi connectivity index (χ1v) is 5.68. The first kappa shape index (κ1) is 14.7. The van der Waals surface area contributed by atoms with Gasteiger partial charge in [-0.3, -0.25) is 0 Å². The lowest BCUT2D eigenvalue weighted by atomic mass is 10.0. The lowest BCUT2D eigenvalue weighted by Gasteiger charge is -2.13. The molecule has 20 heavy (non-hydrogen) atoms.